The van der Waals surface area contributed by atoms with Gasteiger partial charge in [-0.25, -0.2) is 0 Å². The molecule has 4 rings (SSSR count). The van der Waals surface area contributed by atoms with Crippen LogP contribution in [-0.4, -0.2) is 36.3 Å². The van der Waals surface area contributed by atoms with Gasteiger partial charge in [0.15, 0.2) is 0 Å². The lowest BCUT2D eigenvalue weighted by Gasteiger charge is -2.16. The highest BCUT2D eigenvalue weighted by Gasteiger charge is 2.18. The zero-order valence-electron chi connectivity index (χ0n) is 19.7. The molecule has 2 atom stereocenters. The summed E-state index contributed by atoms with van der Waals surface area (Å²) in [5.41, 5.74) is 10.2. The van der Waals surface area contributed by atoms with E-state index in [2.05, 4.69) is 5.32 Å². The molecule has 1 aliphatic rings. The molecule has 0 aliphatic carbocycles. The zero-order valence-corrected chi connectivity index (χ0v) is 19.7. The molecule has 4 N–H and O–H groups in total. The fraction of sp³-hybridized carbons (Fsp3) is 0.286. The van der Waals surface area contributed by atoms with Crippen LogP contribution in [0.3, 0.4) is 0 Å². The van der Waals surface area contributed by atoms with E-state index in [4.69, 9.17) is 15.2 Å². The number of hydrogen-bond acceptors (Lipinski definition) is 5. The summed E-state index contributed by atoms with van der Waals surface area (Å²) >= 11 is 0. The molecule has 182 valence electrons. The fourth-order valence-corrected chi connectivity index (χ4v) is 4.10. The first-order chi connectivity index (χ1) is 16.9. The van der Waals surface area contributed by atoms with Gasteiger partial charge in [0, 0.05) is 23.9 Å². The highest BCUT2D eigenvalue weighted by Crippen LogP contribution is 2.29. The van der Waals surface area contributed by atoms with Gasteiger partial charge >= 0.3 is 5.97 Å². The standard InChI is InChI=1S/C28H30N2O5/c1-18(29)19-7-4-8-20(12-19)22-13-23(15-25(14-22)35-17-24-9-5-11-34-24)28(33)30-26-10-3-2-6-21(26)16-27(31)32/h2-4,6-8,10,12-15,18,24H,5,9,11,16-17,29H2,1H3,(H,30,33)(H,31,32)/t18-,24+/m1/s1. The second-order valence-corrected chi connectivity index (χ2v) is 8.79. The average molecular weight is 475 g/mol. The van der Waals surface area contributed by atoms with Gasteiger partial charge in [0.05, 0.1) is 12.5 Å². The van der Waals surface area contributed by atoms with E-state index in [1.165, 1.54) is 0 Å². The molecule has 35 heavy (non-hydrogen) atoms. The Kier molecular flexibility index (Phi) is 7.80. The minimum absolute atomic E-state index is 0.0419. The van der Waals surface area contributed by atoms with E-state index in [1.54, 1.807) is 36.4 Å². The second-order valence-electron chi connectivity index (χ2n) is 8.79. The van der Waals surface area contributed by atoms with Crippen LogP contribution in [0.2, 0.25) is 0 Å². The number of carboxylic acids is 1. The quantitative estimate of drug-likeness (QED) is 0.410. The fourth-order valence-electron chi connectivity index (χ4n) is 4.10. The van der Waals surface area contributed by atoms with Crippen LogP contribution in [0.15, 0.2) is 66.7 Å². The van der Waals surface area contributed by atoms with Gasteiger partial charge in [-0.3, -0.25) is 9.59 Å². The number of amides is 1. The van der Waals surface area contributed by atoms with Crippen molar-refractivity contribution in [3.8, 4) is 16.9 Å². The third-order valence-corrected chi connectivity index (χ3v) is 5.98. The Bertz CT molecular complexity index is 1200. The summed E-state index contributed by atoms with van der Waals surface area (Å²) in [6.45, 7) is 3.07. The molecule has 1 amide bonds. The number of benzene rings is 3. The Hall–Kier alpha value is -3.68. The van der Waals surface area contributed by atoms with Gasteiger partial charge in [-0.1, -0.05) is 36.4 Å². The predicted molar refractivity (Wildman–Crippen MR) is 135 cm³/mol. The van der Waals surface area contributed by atoms with Gasteiger partial charge in [0.25, 0.3) is 5.91 Å². The molecule has 3 aromatic rings. The van der Waals surface area contributed by atoms with Crippen LogP contribution >= 0.6 is 0 Å². The second kappa shape index (κ2) is 11.2. The third kappa shape index (κ3) is 6.47. The molecule has 0 saturated carbocycles. The molecule has 1 heterocycles. The van der Waals surface area contributed by atoms with Crippen molar-refractivity contribution in [3.05, 3.63) is 83.4 Å². The van der Waals surface area contributed by atoms with Crippen molar-refractivity contribution < 1.29 is 24.2 Å². The molecule has 0 bridgehead atoms. The molecule has 0 unspecified atom stereocenters. The number of carbonyl (C=O) groups excluding carboxylic acids is 1. The predicted octanol–water partition coefficient (Wildman–Crippen LogP) is 4.81. The van der Waals surface area contributed by atoms with Crippen molar-refractivity contribution >= 4 is 17.6 Å². The lowest BCUT2D eigenvalue weighted by molar-refractivity contribution is -0.136. The SMILES string of the molecule is C[C@@H](N)c1cccc(-c2cc(OC[C@@H]3CCCO3)cc(C(=O)Nc3ccccc3CC(=O)O)c2)c1. The van der Waals surface area contributed by atoms with Crippen LogP contribution in [-0.2, 0) is 16.0 Å². The van der Waals surface area contributed by atoms with Gasteiger partial charge in [-0.15, -0.1) is 0 Å². The van der Waals surface area contributed by atoms with Crippen LogP contribution in [0.25, 0.3) is 11.1 Å². The highest BCUT2D eigenvalue weighted by atomic mass is 16.5. The van der Waals surface area contributed by atoms with Gasteiger partial charge < -0.3 is 25.6 Å². The monoisotopic (exact) mass is 474 g/mol. The maximum atomic E-state index is 13.3. The smallest absolute Gasteiger partial charge is 0.307 e. The van der Waals surface area contributed by atoms with Gasteiger partial charge in [-0.2, -0.15) is 0 Å². The number of nitrogens with one attached hydrogen (secondary N) is 1. The topological polar surface area (TPSA) is 111 Å². The lowest BCUT2D eigenvalue weighted by atomic mass is 9.98. The number of ether oxygens (including phenoxy) is 2. The normalized spacial score (nSPS) is 16.0. The number of nitrogens with two attached hydrogens (primary N) is 1. The summed E-state index contributed by atoms with van der Waals surface area (Å²) in [7, 11) is 0. The third-order valence-electron chi connectivity index (χ3n) is 5.98. The number of carboxylic acid groups (broad SMARTS) is 1. The van der Waals surface area contributed by atoms with Crippen LogP contribution in [0.5, 0.6) is 5.75 Å². The molecular weight excluding hydrogens is 444 g/mol. The Morgan fingerprint density at radius 2 is 1.94 bits per heavy atom. The maximum Gasteiger partial charge on any atom is 0.307 e. The molecule has 7 heteroatoms. The van der Waals surface area contributed by atoms with Crippen molar-refractivity contribution in [2.24, 2.45) is 5.73 Å². The zero-order chi connectivity index (χ0) is 24.8. The maximum absolute atomic E-state index is 13.3. The van der Waals surface area contributed by atoms with E-state index in [1.807, 2.05) is 37.3 Å². The number of hydrogen-bond donors (Lipinski definition) is 3. The summed E-state index contributed by atoms with van der Waals surface area (Å²) in [4.78, 5) is 24.5. The Morgan fingerprint density at radius 1 is 1.11 bits per heavy atom. The van der Waals surface area contributed by atoms with Crippen molar-refractivity contribution in [1.29, 1.82) is 0 Å². The minimum atomic E-state index is -0.965. The van der Waals surface area contributed by atoms with Crippen LogP contribution < -0.4 is 15.8 Å². The summed E-state index contributed by atoms with van der Waals surface area (Å²) in [6.07, 6.45) is 1.82. The molecule has 0 radical (unpaired) electrons. The van der Waals surface area contributed by atoms with Gasteiger partial charge in [0.1, 0.15) is 12.4 Å². The number of carbonyl (C=O) groups is 2. The van der Waals surface area contributed by atoms with Gasteiger partial charge in [0.2, 0.25) is 0 Å². The molecule has 0 spiro atoms. The number of aliphatic carboxylic acids is 1. The Morgan fingerprint density at radius 3 is 2.69 bits per heavy atom. The average Bonchev–Trinajstić information content (AvgIpc) is 3.37. The Labute approximate surface area is 204 Å². The van der Waals surface area contributed by atoms with E-state index < -0.39 is 5.97 Å². The number of rotatable bonds is 9. The van der Waals surface area contributed by atoms with E-state index in [0.717, 1.165) is 36.1 Å². The molecule has 1 fully saturated rings. The molecular formula is C28H30N2O5. The van der Waals surface area contributed by atoms with Crippen LogP contribution in [0.4, 0.5) is 5.69 Å². The summed E-state index contributed by atoms with van der Waals surface area (Å²) in [5.74, 6) is -0.754. The van der Waals surface area contributed by atoms with Crippen LogP contribution in [0, 0.1) is 0 Å². The van der Waals surface area contributed by atoms with Crippen molar-refractivity contribution in [3.63, 3.8) is 0 Å². The molecule has 7 nitrogen and oxygen atoms in total. The summed E-state index contributed by atoms with van der Waals surface area (Å²) in [6, 6.07) is 20.1. The van der Waals surface area contributed by atoms with Crippen molar-refractivity contribution in [2.45, 2.75) is 38.3 Å². The molecule has 1 saturated heterocycles. The van der Waals surface area contributed by atoms with E-state index >= 15 is 0 Å². The number of anilines is 1. The summed E-state index contributed by atoms with van der Waals surface area (Å²) < 4.78 is 11.7. The van der Waals surface area contributed by atoms with Crippen molar-refractivity contribution in [2.75, 3.05) is 18.5 Å². The molecule has 3 aromatic carbocycles. The molecule has 0 aromatic heterocycles. The first-order valence-corrected chi connectivity index (χ1v) is 11.8. The van der Waals surface area contributed by atoms with Crippen molar-refractivity contribution in [1.82, 2.24) is 0 Å². The van der Waals surface area contributed by atoms with E-state index in [0.29, 0.717) is 29.2 Å². The Balaban J connectivity index is 1.65. The first kappa shape index (κ1) is 24.4. The van der Waals surface area contributed by atoms with Crippen LogP contribution in [0.1, 0.15) is 47.3 Å². The summed E-state index contributed by atoms with van der Waals surface area (Å²) in [5, 5.41) is 12.1. The minimum Gasteiger partial charge on any atom is -0.491 e. The lowest BCUT2D eigenvalue weighted by Crippen LogP contribution is -2.17. The highest BCUT2D eigenvalue weighted by molar-refractivity contribution is 6.06. The van der Waals surface area contributed by atoms with E-state index in [-0.39, 0.29) is 24.5 Å². The van der Waals surface area contributed by atoms with E-state index in [9.17, 15) is 14.7 Å². The first-order valence-electron chi connectivity index (χ1n) is 11.8. The largest absolute Gasteiger partial charge is 0.491 e. The van der Waals surface area contributed by atoms with Gasteiger partial charge in [-0.05, 0) is 72.4 Å². The number of para-hydroxylation sites is 1. The molecule has 1 aliphatic heterocycles.